The average Bonchev–Trinajstić information content (AvgIpc) is 2.89. The van der Waals surface area contributed by atoms with Crippen LogP contribution in [-0.2, 0) is 11.3 Å². The quantitative estimate of drug-likeness (QED) is 0.598. The van der Waals surface area contributed by atoms with Gasteiger partial charge in [0, 0.05) is 22.8 Å². The molecule has 1 heterocycles. The number of carbonyl (C=O) groups is 1. The predicted octanol–water partition coefficient (Wildman–Crippen LogP) is 4.76. The molecule has 0 aliphatic carbocycles. The number of benzene rings is 3. The average molecular weight is 422 g/mol. The third-order valence-electron chi connectivity index (χ3n) is 4.87. The van der Waals surface area contributed by atoms with Crippen LogP contribution in [0.2, 0.25) is 5.02 Å². The smallest absolute Gasteiger partial charge is 0.244 e. The Labute approximate surface area is 180 Å². The van der Waals surface area contributed by atoms with E-state index in [9.17, 15) is 4.79 Å². The lowest BCUT2D eigenvalue weighted by Gasteiger charge is -2.33. The van der Waals surface area contributed by atoms with Crippen molar-refractivity contribution < 1.29 is 4.79 Å². The van der Waals surface area contributed by atoms with Gasteiger partial charge in [-0.1, -0.05) is 72.3 Å². The molecule has 4 nitrogen and oxygen atoms in total. The maximum atomic E-state index is 12.6. The molecule has 0 radical (unpaired) electrons. The van der Waals surface area contributed by atoms with Gasteiger partial charge in [-0.25, -0.2) is 0 Å². The topological polar surface area (TPSA) is 44.4 Å². The molecule has 0 saturated heterocycles. The van der Waals surface area contributed by atoms with E-state index in [2.05, 4.69) is 10.6 Å². The molecular formula is C23H20ClN3OS. The van der Waals surface area contributed by atoms with Crippen molar-refractivity contribution in [2.24, 2.45) is 0 Å². The Balaban J connectivity index is 1.71. The van der Waals surface area contributed by atoms with E-state index in [0.717, 1.165) is 22.4 Å². The lowest BCUT2D eigenvalue weighted by atomic mass is 9.96. The van der Waals surface area contributed by atoms with Crippen LogP contribution in [0.25, 0.3) is 0 Å². The minimum Gasteiger partial charge on any atom is -0.358 e. The van der Waals surface area contributed by atoms with Crippen molar-refractivity contribution in [2.45, 2.75) is 12.6 Å². The highest BCUT2D eigenvalue weighted by Crippen LogP contribution is 2.37. The molecule has 0 aromatic heterocycles. The number of nitrogens with one attached hydrogen (secondary N) is 2. The summed E-state index contributed by atoms with van der Waals surface area (Å²) in [5.74, 6) is -0.115. The second kappa shape index (κ2) is 8.64. The van der Waals surface area contributed by atoms with Gasteiger partial charge in [-0.2, -0.15) is 0 Å². The fourth-order valence-corrected chi connectivity index (χ4v) is 3.96. The fraction of sp³-hybridized carbons (Fsp3) is 0.130. The molecule has 0 unspecified atom stereocenters. The lowest BCUT2D eigenvalue weighted by Crippen LogP contribution is -2.44. The number of halogens is 1. The van der Waals surface area contributed by atoms with Crippen LogP contribution in [0.3, 0.4) is 0 Å². The Hall–Kier alpha value is -2.89. The van der Waals surface area contributed by atoms with Gasteiger partial charge in [0.25, 0.3) is 0 Å². The molecule has 3 aromatic carbocycles. The molecule has 0 bridgehead atoms. The number of amides is 1. The van der Waals surface area contributed by atoms with Gasteiger partial charge in [0.1, 0.15) is 6.54 Å². The molecule has 0 spiro atoms. The highest BCUT2D eigenvalue weighted by Gasteiger charge is 2.31. The summed E-state index contributed by atoms with van der Waals surface area (Å²) in [5.41, 5.74) is 3.82. The van der Waals surface area contributed by atoms with Crippen LogP contribution in [0.1, 0.15) is 22.7 Å². The first-order valence-corrected chi connectivity index (χ1v) is 10.1. The van der Waals surface area contributed by atoms with Gasteiger partial charge in [-0.3, -0.25) is 4.79 Å². The molecule has 1 aliphatic heterocycles. The van der Waals surface area contributed by atoms with Crippen LogP contribution in [0, 0.1) is 0 Å². The molecule has 0 saturated carbocycles. The summed E-state index contributed by atoms with van der Waals surface area (Å²) in [5, 5.41) is 7.42. The maximum absolute atomic E-state index is 12.6. The summed E-state index contributed by atoms with van der Waals surface area (Å²) in [6, 6.07) is 25.3. The van der Waals surface area contributed by atoms with E-state index in [4.69, 9.17) is 23.8 Å². The molecule has 6 heteroatoms. The molecule has 29 heavy (non-hydrogen) atoms. The van der Waals surface area contributed by atoms with Crippen LogP contribution < -0.4 is 10.6 Å². The molecule has 1 atom stereocenters. The molecular weight excluding hydrogens is 402 g/mol. The lowest BCUT2D eigenvalue weighted by molar-refractivity contribution is -0.116. The summed E-state index contributed by atoms with van der Waals surface area (Å²) in [6.45, 7) is 0.730. The van der Waals surface area contributed by atoms with E-state index in [1.54, 1.807) is 6.07 Å². The van der Waals surface area contributed by atoms with Crippen LogP contribution >= 0.6 is 23.8 Å². The van der Waals surface area contributed by atoms with E-state index in [0.29, 0.717) is 16.7 Å². The highest BCUT2D eigenvalue weighted by molar-refractivity contribution is 7.80. The van der Waals surface area contributed by atoms with Crippen molar-refractivity contribution in [3.05, 3.63) is 101 Å². The number of anilines is 1. The van der Waals surface area contributed by atoms with Crippen molar-refractivity contribution in [1.29, 1.82) is 0 Å². The third kappa shape index (κ3) is 4.42. The van der Waals surface area contributed by atoms with Crippen molar-refractivity contribution in [3.8, 4) is 0 Å². The highest BCUT2D eigenvalue weighted by atomic mass is 35.5. The van der Waals surface area contributed by atoms with E-state index >= 15 is 0 Å². The SMILES string of the molecule is O=C1CN(C(=S)NCc2ccccc2)[C@@H](c2ccccc2)c2cc(Cl)ccc2N1. The Morgan fingerprint density at radius 1 is 1.07 bits per heavy atom. The Morgan fingerprint density at radius 3 is 2.48 bits per heavy atom. The van der Waals surface area contributed by atoms with Crippen molar-refractivity contribution in [3.63, 3.8) is 0 Å². The predicted molar refractivity (Wildman–Crippen MR) is 121 cm³/mol. The van der Waals surface area contributed by atoms with Gasteiger partial charge in [0.15, 0.2) is 5.11 Å². The minimum atomic E-state index is -0.236. The molecule has 4 rings (SSSR count). The van der Waals surface area contributed by atoms with Gasteiger partial charge < -0.3 is 15.5 Å². The van der Waals surface area contributed by atoms with Crippen LogP contribution in [-0.4, -0.2) is 22.5 Å². The molecule has 146 valence electrons. The van der Waals surface area contributed by atoms with Crippen LogP contribution in [0.15, 0.2) is 78.9 Å². The largest absolute Gasteiger partial charge is 0.358 e. The monoisotopic (exact) mass is 421 g/mol. The number of hydrogen-bond acceptors (Lipinski definition) is 2. The van der Waals surface area contributed by atoms with Crippen LogP contribution in [0.4, 0.5) is 5.69 Å². The van der Waals surface area contributed by atoms with E-state index < -0.39 is 0 Å². The summed E-state index contributed by atoms with van der Waals surface area (Å²) < 4.78 is 0. The first-order chi connectivity index (χ1) is 14.1. The third-order valence-corrected chi connectivity index (χ3v) is 5.48. The van der Waals surface area contributed by atoms with Gasteiger partial charge in [-0.15, -0.1) is 0 Å². The Kier molecular flexibility index (Phi) is 5.79. The van der Waals surface area contributed by atoms with E-state index in [1.807, 2.05) is 77.7 Å². The fourth-order valence-electron chi connectivity index (χ4n) is 3.54. The van der Waals surface area contributed by atoms with Gasteiger partial charge in [0.05, 0.1) is 6.04 Å². The maximum Gasteiger partial charge on any atom is 0.244 e. The summed E-state index contributed by atoms with van der Waals surface area (Å²) >= 11 is 12.0. The number of hydrogen-bond donors (Lipinski definition) is 2. The van der Waals surface area contributed by atoms with Crippen molar-refractivity contribution in [2.75, 3.05) is 11.9 Å². The van der Waals surface area contributed by atoms with Crippen molar-refractivity contribution in [1.82, 2.24) is 10.2 Å². The van der Waals surface area contributed by atoms with E-state index in [-0.39, 0.29) is 18.5 Å². The standard InChI is InChI=1S/C23H20ClN3OS/c24-18-11-12-20-19(13-18)22(17-9-5-2-6-10-17)27(15-21(28)26-20)23(29)25-14-16-7-3-1-4-8-16/h1-13,22H,14-15H2,(H,25,29)(H,26,28)/t22-/m0/s1. The van der Waals surface area contributed by atoms with Gasteiger partial charge in [0.2, 0.25) is 5.91 Å². The minimum absolute atomic E-state index is 0.115. The molecule has 0 fully saturated rings. The van der Waals surface area contributed by atoms with Gasteiger partial charge >= 0.3 is 0 Å². The number of thiocarbonyl (C=S) groups is 1. The zero-order valence-electron chi connectivity index (χ0n) is 15.6. The normalized spacial score (nSPS) is 15.8. The second-order valence-corrected chi connectivity index (χ2v) is 7.69. The number of nitrogens with zero attached hydrogens (tertiary/aromatic N) is 1. The van der Waals surface area contributed by atoms with Gasteiger partial charge in [-0.05, 0) is 41.5 Å². The number of carbonyl (C=O) groups excluding carboxylic acids is 1. The first-order valence-electron chi connectivity index (χ1n) is 9.34. The first kappa shape index (κ1) is 19.4. The Morgan fingerprint density at radius 2 is 1.76 bits per heavy atom. The summed E-state index contributed by atoms with van der Waals surface area (Å²) in [7, 11) is 0. The zero-order chi connectivity index (χ0) is 20.2. The Bertz CT molecular complexity index is 1030. The summed E-state index contributed by atoms with van der Waals surface area (Å²) in [6.07, 6.45) is 0. The zero-order valence-corrected chi connectivity index (χ0v) is 17.2. The van der Waals surface area contributed by atoms with Crippen LogP contribution in [0.5, 0.6) is 0 Å². The molecule has 1 amide bonds. The number of fused-ring (bicyclic) bond motifs is 1. The summed E-state index contributed by atoms with van der Waals surface area (Å²) in [4.78, 5) is 14.5. The second-order valence-electron chi connectivity index (χ2n) is 6.87. The molecule has 1 aliphatic rings. The number of rotatable bonds is 3. The molecule has 3 aromatic rings. The van der Waals surface area contributed by atoms with Crippen molar-refractivity contribution >= 4 is 40.5 Å². The molecule has 2 N–H and O–H groups in total. The van der Waals surface area contributed by atoms with E-state index in [1.165, 1.54) is 0 Å².